The molecule has 0 radical (unpaired) electrons. The van der Waals surface area contributed by atoms with Crippen LogP contribution in [-0.2, 0) is 4.74 Å². The van der Waals surface area contributed by atoms with E-state index in [0.717, 1.165) is 25.1 Å². The van der Waals surface area contributed by atoms with Crippen LogP contribution in [0.25, 0.3) is 0 Å². The van der Waals surface area contributed by atoms with Gasteiger partial charge < -0.3 is 10.1 Å². The molecule has 0 bridgehead atoms. The predicted molar refractivity (Wildman–Crippen MR) is 58.2 cm³/mol. The fourth-order valence-corrected chi connectivity index (χ4v) is 2.33. The van der Waals surface area contributed by atoms with Crippen LogP contribution in [0.3, 0.4) is 0 Å². The van der Waals surface area contributed by atoms with Crippen LogP contribution in [0.15, 0.2) is 5.51 Å². The van der Waals surface area contributed by atoms with Crippen LogP contribution in [0.2, 0.25) is 0 Å². The molecule has 1 aliphatic heterocycles. The summed E-state index contributed by atoms with van der Waals surface area (Å²) in [4.78, 5) is 16.4. The Bertz CT molecular complexity index is 345. The van der Waals surface area contributed by atoms with Gasteiger partial charge in [0.1, 0.15) is 4.88 Å². The van der Waals surface area contributed by atoms with Gasteiger partial charge in [-0.25, -0.2) is 4.98 Å². The molecule has 0 saturated carbocycles. The molecule has 15 heavy (non-hydrogen) atoms. The molecule has 4 nitrogen and oxygen atoms in total. The van der Waals surface area contributed by atoms with Crippen molar-refractivity contribution in [2.75, 3.05) is 13.2 Å². The summed E-state index contributed by atoms with van der Waals surface area (Å²) in [6.07, 6.45) is 2.34. The summed E-state index contributed by atoms with van der Waals surface area (Å²) >= 11 is 1.38. The largest absolute Gasteiger partial charge is 0.376 e. The van der Waals surface area contributed by atoms with Crippen molar-refractivity contribution in [2.24, 2.45) is 0 Å². The molecule has 1 N–H and O–H groups in total. The number of hydrogen-bond donors (Lipinski definition) is 1. The first-order valence-electron chi connectivity index (χ1n) is 5.07. The van der Waals surface area contributed by atoms with Crippen molar-refractivity contribution < 1.29 is 9.53 Å². The molecule has 1 aromatic rings. The lowest BCUT2D eigenvalue weighted by molar-refractivity contribution is 0.0860. The number of carbonyl (C=O) groups is 1. The third kappa shape index (κ3) is 2.54. The first-order valence-corrected chi connectivity index (χ1v) is 5.95. The predicted octanol–water partition coefficient (Wildman–Crippen LogP) is 1.36. The van der Waals surface area contributed by atoms with E-state index in [0.29, 0.717) is 11.4 Å². The molecule has 0 aromatic carbocycles. The molecule has 2 rings (SSSR count). The summed E-state index contributed by atoms with van der Waals surface area (Å²) < 4.78 is 5.42. The molecule has 5 heteroatoms. The molecule has 1 amide bonds. The number of ether oxygens (including phenoxy) is 1. The number of hydrogen-bond acceptors (Lipinski definition) is 4. The first-order chi connectivity index (χ1) is 7.27. The zero-order valence-electron chi connectivity index (χ0n) is 8.66. The van der Waals surface area contributed by atoms with Crippen molar-refractivity contribution in [3.8, 4) is 0 Å². The Morgan fingerprint density at radius 2 is 2.67 bits per heavy atom. The summed E-state index contributed by atoms with van der Waals surface area (Å²) in [5.41, 5.74) is 2.49. The smallest absolute Gasteiger partial charge is 0.263 e. The van der Waals surface area contributed by atoms with Gasteiger partial charge in [0.15, 0.2) is 0 Å². The van der Waals surface area contributed by atoms with Gasteiger partial charge in [-0.2, -0.15) is 0 Å². The van der Waals surface area contributed by atoms with E-state index in [1.54, 1.807) is 5.51 Å². The molecule has 0 spiro atoms. The van der Waals surface area contributed by atoms with Gasteiger partial charge in [-0.1, -0.05) is 0 Å². The normalized spacial score (nSPS) is 20.5. The maximum absolute atomic E-state index is 11.7. The number of thiazole rings is 1. The molecule has 1 fully saturated rings. The minimum Gasteiger partial charge on any atom is -0.376 e. The Balaban J connectivity index is 1.84. The first kappa shape index (κ1) is 10.6. The van der Waals surface area contributed by atoms with Crippen molar-refractivity contribution in [2.45, 2.75) is 25.9 Å². The number of carbonyl (C=O) groups excluding carboxylic acids is 1. The van der Waals surface area contributed by atoms with Crippen LogP contribution in [0.5, 0.6) is 0 Å². The second kappa shape index (κ2) is 4.72. The van der Waals surface area contributed by atoms with E-state index in [-0.39, 0.29) is 12.0 Å². The number of amides is 1. The van der Waals surface area contributed by atoms with E-state index in [1.165, 1.54) is 11.3 Å². The fraction of sp³-hybridized carbons (Fsp3) is 0.600. The zero-order chi connectivity index (χ0) is 10.7. The Kier molecular flexibility index (Phi) is 3.33. The molecule has 1 aromatic heterocycles. The third-order valence-corrected chi connectivity index (χ3v) is 3.39. The summed E-state index contributed by atoms with van der Waals surface area (Å²) in [5.74, 6) is -0.0366. The molecule has 82 valence electrons. The molecule has 1 atom stereocenters. The van der Waals surface area contributed by atoms with Crippen LogP contribution in [0, 0.1) is 6.92 Å². The number of nitrogens with zero attached hydrogens (tertiary/aromatic N) is 1. The standard InChI is InChI=1S/C10H14N2O2S/c1-7-9(15-6-12-7)10(13)11-5-8-3-2-4-14-8/h6,8H,2-5H2,1H3,(H,11,13)/t8-/m1/s1. The van der Waals surface area contributed by atoms with Crippen LogP contribution in [-0.4, -0.2) is 30.1 Å². The average Bonchev–Trinajstić information content (AvgIpc) is 2.84. The highest BCUT2D eigenvalue weighted by molar-refractivity contribution is 7.11. The molecule has 1 aliphatic rings. The molecule has 1 saturated heterocycles. The van der Waals surface area contributed by atoms with Crippen LogP contribution in [0.4, 0.5) is 0 Å². The molecule has 0 unspecified atom stereocenters. The van der Waals surface area contributed by atoms with E-state index in [2.05, 4.69) is 10.3 Å². The maximum atomic E-state index is 11.7. The third-order valence-electron chi connectivity index (χ3n) is 2.47. The number of nitrogens with one attached hydrogen (secondary N) is 1. The van der Waals surface area contributed by atoms with Gasteiger partial charge in [0.25, 0.3) is 5.91 Å². The van der Waals surface area contributed by atoms with E-state index >= 15 is 0 Å². The van der Waals surface area contributed by atoms with Crippen molar-refractivity contribution in [1.29, 1.82) is 0 Å². The van der Waals surface area contributed by atoms with Gasteiger partial charge in [0.05, 0.1) is 17.3 Å². The Hall–Kier alpha value is -0.940. The van der Waals surface area contributed by atoms with Gasteiger partial charge >= 0.3 is 0 Å². The minimum atomic E-state index is -0.0366. The number of rotatable bonds is 3. The SMILES string of the molecule is Cc1ncsc1C(=O)NC[C@H]1CCCO1. The highest BCUT2D eigenvalue weighted by atomic mass is 32.1. The lowest BCUT2D eigenvalue weighted by Gasteiger charge is -2.09. The monoisotopic (exact) mass is 226 g/mol. The molecule has 2 heterocycles. The highest BCUT2D eigenvalue weighted by Crippen LogP contribution is 2.13. The highest BCUT2D eigenvalue weighted by Gasteiger charge is 2.17. The maximum Gasteiger partial charge on any atom is 0.263 e. The number of aromatic nitrogens is 1. The molecule has 0 aliphatic carbocycles. The van der Waals surface area contributed by atoms with Gasteiger partial charge in [-0.3, -0.25) is 4.79 Å². The Morgan fingerprint density at radius 3 is 3.27 bits per heavy atom. The minimum absolute atomic E-state index is 0.0366. The van der Waals surface area contributed by atoms with Gasteiger partial charge in [-0.15, -0.1) is 11.3 Å². The Morgan fingerprint density at radius 1 is 1.80 bits per heavy atom. The van der Waals surface area contributed by atoms with E-state index < -0.39 is 0 Å². The van der Waals surface area contributed by atoms with Gasteiger partial charge in [0, 0.05) is 13.2 Å². The molecular weight excluding hydrogens is 212 g/mol. The van der Waals surface area contributed by atoms with E-state index in [9.17, 15) is 4.79 Å². The second-order valence-corrected chi connectivity index (χ2v) is 4.47. The fourth-order valence-electron chi connectivity index (χ4n) is 1.61. The van der Waals surface area contributed by atoms with Crippen molar-refractivity contribution >= 4 is 17.2 Å². The topological polar surface area (TPSA) is 51.2 Å². The van der Waals surface area contributed by atoms with Gasteiger partial charge in [0.2, 0.25) is 0 Å². The lowest BCUT2D eigenvalue weighted by Crippen LogP contribution is -2.31. The average molecular weight is 226 g/mol. The summed E-state index contributed by atoms with van der Waals surface area (Å²) in [7, 11) is 0. The van der Waals surface area contributed by atoms with Crippen LogP contribution < -0.4 is 5.32 Å². The molecular formula is C10H14N2O2S. The van der Waals surface area contributed by atoms with E-state index in [4.69, 9.17) is 4.74 Å². The number of aryl methyl sites for hydroxylation is 1. The summed E-state index contributed by atoms with van der Waals surface area (Å²) in [6.45, 7) is 3.27. The van der Waals surface area contributed by atoms with Gasteiger partial charge in [-0.05, 0) is 19.8 Å². The quantitative estimate of drug-likeness (QED) is 0.846. The zero-order valence-corrected chi connectivity index (χ0v) is 9.47. The van der Waals surface area contributed by atoms with Crippen molar-refractivity contribution in [3.63, 3.8) is 0 Å². The Labute approximate surface area is 92.7 Å². The van der Waals surface area contributed by atoms with Crippen molar-refractivity contribution in [3.05, 3.63) is 16.1 Å². The van der Waals surface area contributed by atoms with Crippen LogP contribution >= 0.6 is 11.3 Å². The lowest BCUT2D eigenvalue weighted by atomic mass is 10.2. The van der Waals surface area contributed by atoms with E-state index in [1.807, 2.05) is 6.92 Å². The van der Waals surface area contributed by atoms with Crippen LogP contribution in [0.1, 0.15) is 28.2 Å². The summed E-state index contributed by atoms with van der Waals surface area (Å²) in [6, 6.07) is 0. The summed E-state index contributed by atoms with van der Waals surface area (Å²) in [5, 5.41) is 2.87. The van der Waals surface area contributed by atoms with Crippen molar-refractivity contribution in [1.82, 2.24) is 10.3 Å². The second-order valence-electron chi connectivity index (χ2n) is 3.61.